The summed E-state index contributed by atoms with van der Waals surface area (Å²) in [5.74, 6) is 1.05. The molecule has 3 rings (SSSR count). The van der Waals surface area contributed by atoms with Crippen molar-refractivity contribution in [2.75, 3.05) is 24.1 Å². The van der Waals surface area contributed by atoms with Gasteiger partial charge in [-0.3, -0.25) is 4.31 Å². The summed E-state index contributed by atoms with van der Waals surface area (Å²) >= 11 is 0. The molecule has 1 aliphatic rings. The summed E-state index contributed by atoms with van der Waals surface area (Å²) in [6.07, 6.45) is 0. The van der Waals surface area contributed by atoms with E-state index in [2.05, 4.69) is 0 Å². The van der Waals surface area contributed by atoms with Crippen molar-refractivity contribution in [2.45, 2.75) is 32.6 Å². The molecular weight excluding hydrogens is 338 g/mol. The predicted octanol–water partition coefficient (Wildman–Crippen LogP) is 3.60. The lowest BCUT2D eigenvalue weighted by Gasteiger charge is -2.27. The standard InChI is InChI=1S/C19H23NO4S/c1-5-20(19-14(3)10-13(2)11-15(19)4)25(21,22)16-6-7-17-18(12-16)24-9-8-23-17/h6-7,10-12H,5,8-9H2,1-4H3. The summed E-state index contributed by atoms with van der Waals surface area (Å²) in [5, 5.41) is 0. The van der Waals surface area contributed by atoms with Gasteiger partial charge in [0.2, 0.25) is 0 Å². The van der Waals surface area contributed by atoms with Crippen LogP contribution in [-0.2, 0) is 10.0 Å². The van der Waals surface area contributed by atoms with Crippen molar-refractivity contribution in [1.29, 1.82) is 0 Å². The van der Waals surface area contributed by atoms with E-state index in [1.807, 2.05) is 39.8 Å². The van der Waals surface area contributed by atoms with E-state index < -0.39 is 10.0 Å². The maximum atomic E-state index is 13.3. The Bertz CT molecular complexity index is 883. The van der Waals surface area contributed by atoms with E-state index in [9.17, 15) is 8.42 Å². The minimum atomic E-state index is -3.70. The summed E-state index contributed by atoms with van der Waals surface area (Å²) in [6.45, 7) is 8.98. The summed E-state index contributed by atoms with van der Waals surface area (Å²) < 4.78 is 39.0. The summed E-state index contributed by atoms with van der Waals surface area (Å²) in [4.78, 5) is 0.206. The van der Waals surface area contributed by atoms with Crippen molar-refractivity contribution >= 4 is 15.7 Å². The SMILES string of the molecule is CCN(c1c(C)cc(C)cc1C)S(=O)(=O)c1ccc2c(c1)OCCO2. The molecule has 25 heavy (non-hydrogen) atoms. The average molecular weight is 361 g/mol. The minimum Gasteiger partial charge on any atom is -0.486 e. The quantitative estimate of drug-likeness (QED) is 0.835. The number of nitrogens with zero attached hydrogens (tertiary/aromatic N) is 1. The highest BCUT2D eigenvalue weighted by Gasteiger charge is 2.28. The van der Waals surface area contributed by atoms with Crippen LogP contribution in [0, 0.1) is 20.8 Å². The third kappa shape index (κ3) is 3.18. The van der Waals surface area contributed by atoms with Crippen LogP contribution in [-0.4, -0.2) is 28.2 Å². The number of aryl methyl sites for hydroxylation is 3. The molecule has 0 N–H and O–H groups in total. The Morgan fingerprint density at radius 3 is 2.16 bits per heavy atom. The van der Waals surface area contributed by atoms with Crippen molar-refractivity contribution in [3.8, 4) is 11.5 Å². The molecule has 0 aromatic heterocycles. The van der Waals surface area contributed by atoms with Crippen molar-refractivity contribution in [1.82, 2.24) is 0 Å². The highest BCUT2D eigenvalue weighted by molar-refractivity contribution is 7.92. The maximum absolute atomic E-state index is 13.3. The Labute approximate surface area is 149 Å². The molecule has 0 saturated carbocycles. The van der Waals surface area contributed by atoms with Crippen molar-refractivity contribution in [3.05, 3.63) is 47.0 Å². The number of hydrogen-bond donors (Lipinski definition) is 0. The molecule has 6 heteroatoms. The van der Waals surface area contributed by atoms with Gasteiger partial charge in [0, 0.05) is 12.6 Å². The first-order valence-corrected chi connectivity index (χ1v) is 9.79. The van der Waals surface area contributed by atoms with Crippen LogP contribution in [0.4, 0.5) is 5.69 Å². The number of hydrogen-bond acceptors (Lipinski definition) is 4. The van der Waals surface area contributed by atoms with Crippen LogP contribution in [0.1, 0.15) is 23.6 Å². The molecule has 0 spiro atoms. The monoisotopic (exact) mass is 361 g/mol. The molecule has 0 fully saturated rings. The lowest BCUT2D eigenvalue weighted by Crippen LogP contribution is -2.32. The first-order chi connectivity index (χ1) is 11.8. The van der Waals surface area contributed by atoms with Gasteiger partial charge in [-0.15, -0.1) is 0 Å². The van der Waals surface area contributed by atoms with Crippen molar-refractivity contribution in [3.63, 3.8) is 0 Å². The number of benzene rings is 2. The molecule has 5 nitrogen and oxygen atoms in total. The van der Waals surface area contributed by atoms with Gasteiger partial charge in [0.15, 0.2) is 11.5 Å². The highest BCUT2D eigenvalue weighted by Crippen LogP contribution is 2.35. The number of fused-ring (bicyclic) bond motifs is 1. The van der Waals surface area contributed by atoms with Gasteiger partial charge in [-0.1, -0.05) is 17.7 Å². The van der Waals surface area contributed by atoms with E-state index in [0.29, 0.717) is 31.3 Å². The van der Waals surface area contributed by atoms with Crippen LogP contribution in [0.5, 0.6) is 11.5 Å². The molecule has 2 aromatic rings. The topological polar surface area (TPSA) is 55.8 Å². The molecule has 0 bridgehead atoms. The van der Waals surface area contributed by atoms with E-state index in [-0.39, 0.29) is 4.90 Å². The van der Waals surface area contributed by atoms with E-state index in [1.165, 1.54) is 4.31 Å². The Morgan fingerprint density at radius 1 is 0.960 bits per heavy atom. The Kier molecular flexibility index (Phi) is 4.64. The predicted molar refractivity (Wildman–Crippen MR) is 98.3 cm³/mol. The molecule has 0 amide bonds. The lowest BCUT2D eigenvalue weighted by atomic mass is 10.1. The zero-order valence-corrected chi connectivity index (χ0v) is 15.8. The second-order valence-electron chi connectivity index (χ2n) is 6.22. The van der Waals surface area contributed by atoms with Crippen LogP contribution in [0.2, 0.25) is 0 Å². The third-order valence-electron chi connectivity index (χ3n) is 4.27. The Hall–Kier alpha value is -2.21. The smallest absolute Gasteiger partial charge is 0.264 e. The van der Waals surface area contributed by atoms with Gasteiger partial charge in [-0.05, 0) is 51.0 Å². The van der Waals surface area contributed by atoms with Crippen molar-refractivity contribution < 1.29 is 17.9 Å². The molecule has 1 heterocycles. The van der Waals surface area contributed by atoms with Gasteiger partial charge in [0.1, 0.15) is 13.2 Å². The van der Waals surface area contributed by atoms with Gasteiger partial charge in [0.25, 0.3) is 10.0 Å². The maximum Gasteiger partial charge on any atom is 0.264 e. The van der Waals surface area contributed by atoms with Crippen LogP contribution in [0.25, 0.3) is 0 Å². The Balaban J connectivity index is 2.09. The van der Waals surface area contributed by atoms with E-state index in [4.69, 9.17) is 9.47 Å². The molecule has 1 aliphatic heterocycles. The molecule has 0 unspecified atom stereocenters. The fourth-order valence-electron chi connectivity index (χ4n) is 3.33. The van der Waals surface area contributed by atoms with E-state index in [1.54, 1.807) is 18.2 Å². The van der Waals surface area contributed by atoms with Gasteiger partial charge < -0.3 is 9.47 Å². The van der Waals surface area contributed by atoms with Crippen LogP contribution < -0.4 is 13.8 Å². The van der Waals surface area contributed by atoms with Crippen LogP contribution in [0.3, 0.4) is 0 Å². The first-order valence-electron chi connectivity index (χ1n) is 8.35. The fourth-order valence-corrected chi connectivity index (χ4v) is 4.94. The fraction of sp³-hybridized carbons (Fsp3) is 0.368. The van der Waals surface area contributed by atoms with E-state index in [0.717, 1.165) is 22.4 Å². The Morgan fingerprint density at radius 2 is 1.56 bits per heavy atom. The second-order valence-corrected chi connectivity index (χ2v) is 8.08. The summed E-state index contributed by atoms with van der Waals surface area (Å²) in [6, 6.07) is 8.79. The van der Waals surface area contributed by atoms with E-state index >= 15 is 0 Å². The lowest BCUT2D eigenvalue weighted by molar-refractivity contribution is 0.171. The molecule has 2 aromatic carbocycles. The summed E-state index contributed by atoms with van der Waals surface area (Å²) in [7, 11) is -3.70. The second kappa shape index (κ2) is 6.59. The van der Waals surface area contributed by atoms with Gasteiger partial charge in [-0.25, -0.2) is 8.42 Å². The number of ether oxygens (including phenoxy) is 2. The van der Waals surface area contributed by atoms with Crippen LogP contribution in [0.15, 0.2) is 35.2 Å². The molecule has 0 radical (unpaired) electrons. The van der Waals surface area contributed by atoms with Crippen molar-refractivity contribution in [2.24, 2.45) is 0 Å². The minimum absolute atomic E-state index is 0.206. The number of anilines is 1. The van der Waals surface area contributed by atoms with Gasteiger partial charge in [0.05, 0.1) is 10.6 Å². The first kappa shape index (κ1) is 17.6. The summed E-state index contributed by atoms with van der Waals surface area (Å²) in [5.41, 5.74) is 3.75. The average Bonchev–Trinajstić information content (AvgIpc) is 2.57. The molecule has 0 saturated heterocycles. The number of rotatable bonds is 4. The zero-order valence-electron chi connectivity index (χ0n) is 15.0. The normalized spacial score (nSPS) is 13.6. The third-order valence-corrected chi connectivity index (χ3v) is 6.14. The van der Waals surface area contributed by atoms with Gasteiger partial charge >= 0.3 is 0 Å². The zero-order chi connectivity index (χ0) is 18.2. The number of sulfonamides is 1. The van der Waals surface area contributed by atoms with Gasteiger partial charge in [-0.2, -0.15) is 0 Å². The van der Waals surface area contributed by atoms with Crippen LogP contribution >= 0.6 is 0 Å². The molecule has 134 valence electrons. The molecule has 0 aliphatic carbocycles. The highest BCUT2D eigenvalue weighted by atomic mass is 32.2. The largest absolute Gasteiger partial charge is 0.486 e. The molecule has 0 atom stereocenters. The molecular formula is C19H23NO4S.